The molecule has 3 aromatic carbocycles. The number of carboxylic acid groups (broad SMARTS) is 1. The number of rotatable bonds is 6. The van der Waals surface area contributed by atoms with Crippen molar-refractivity contribution in [2.24, 2.45) is 0 Å². The molecule has 4 aromatic rings. The number of amides is 1. The van der Waals surface area contributed by atoms with E-state index >= 15 is 0 Å². The van der Waals surface area contributed by atoms with Gasteiger partial charge in [-0.2, -0.15) is 0 Å². The van der Waals surface area contributed by atoms with Crippen LogP contribution in [0.1, 0.15) is 20.7 Å². The van der Waals surface area contributed by atoms with Gasteiger partial charge in [-0.1, -0.05) is 48.5 Å². The summed E-state index contributed by atoms with van der Waals surface area (Å²) < 4.78 is 0. The minimum atomic E-state index is -1.12. The van der Waals surface area contributed by atoms with Gasteiger partial charge < -0.3 is 15.7 Å². The standard InChI is InChI=1S/C26H21N3O3/c1-27-22-9-5-8-18(13-22)19-10-11-23(26(31)32)24(14-19)29-25(30)21-12-20(15-28-16-21)17-6-3-2-4-7-17/h2-16,27H,1H3,(H,29,30)(H,31,32). The van der Waals surface area contributed by atoms with E-state index in [1.54, 1.807) is 24.4 Å². The third-order valence-corrected chi connectivity index (χ3v) is 5.09. The molecular formula is C26H21N3O3. The van der Waals surface area contributed by atoms with E-state index in [1.165, 1.54) is 12.3 Å². The molecule has 0 radical (unpaired) electrons. The lowest BCUT2D eigenvalue weighted by molar-refractivity contribution is 0.0698. The molecule has 3 N–H and O–H groups in total. The summed E-state index contributed by atoms with van der Waals surface area (Å²) in [7, 11) is 1.83. The van der Waals surface area contributed by atoms with Crippen LogP contribution in [0.5, 0.6) is 0 Å². The normalized spacial score (nSPS) is 10.4. The van der Waals surface area contributed by atoms with E-state index in [-0.39, 0.29) is 11.3 Å². The van der Waals surface area contributed by atoms with Gasteiger partial charge in [0.15, 0.2) is 0 Å². The fourth-order valence-electron chi connectivity index (χ4n) is 3.42. The fourth-order valence-corrected chi connectivity index (χ4v) is 3.42. The number of pyridine rings is 1. The van der Waals surface area contributed by atoms with Gasteiger partial charge in [0.05, 0.1) is 16.8 Å². The zero-order chi connectivity index (χ0) is 22.5. The number of hydrogen-bond donors (Lipinski definition) is 3. The summed E-state index contributed by atoms with van der Waals surface area (Å²) in [6, 6.07) is 24.0. The van der Waals surface area contributed by atoms with Gasteiger partial charge in [-0.15, -0.1) is 0 Å². The molecule has 0 aliphatic rings. The molecule has 0 aliphatic heterocycles. The lowest BCUT2D eigenvalue weighted by atomic mass is 10.0. The zero-order valence-corrected chi connectivity index (χ0v) is 17.4. The molecule has 1 heterocycles. The van der Waals surface area contributed by atoms with Gasteiger partial charge in [-0.3, -0.25) is 9.78 Å². The van der Waals surface area contributed by atoms with Gasteiger partial charge in [-0.25, -0.2) is 4.79 Å². The molecule has 0 bridgehead atoms. The molecule has 0 unspecified atom stereocenters. The summed E-state index contributed by atoms with van der Waals surface area (Å²) in [5.74, 6) is -1.55. The van der Waals surface area contributed by atoms with Crippen LogP contribution in [0.2, 0.25) is 0 Å². The van der Waals surface area contributed by atoms with Crippen molar-refractivity contribution >= 4 is 23.3 Å². The summed E-state index contributed by atoms with van der Waals surface area (Å²) >= 11 is 0. The Bertz CT molecular complexity index is 1290. The number of anilines is 2. The first-order chi connectivity index (χ1) is 15.5. The second-order valence-corrected chi connectivity index (χ2v) is 7.18. The molecule has 0 aliphatic carbocycles. The van der Waals surface area contributed by atoms with Crippen LogP contribution < -0.4 is 10.6 Å². The van der Waals surface area contributed by atoms with E-state index in [0.29, 0.717) is 5.56 Å². The van der Waals surface area contributed by atoms with Crippen LogP contribution in [-0.2, 0) is 0 Å². The predicted octanol–water partition coefficient (Wildman–Crippen LogP) is 5.41. The summed E-state index contributed by atoms with van der Waals surface area (Å²) in [6.07, 6.45) is 3.15. The summed E-state index contributed by atoms with van der Waals surface area (Å²) in [5.41, 5.74) is 4.93. The molecule has 0 atom stereocenters. The highest BCUT2D eigenvalue weighted by Gasteiger charge is 2.16. The second-order valence-electron chi connectivity index (χ2n) is 7.18. The van der Waals surface area contributed by atoms with Gasteiger partial charge in [0, 0.05) is 30.7 Å². The van der Waals surface area contributed by atoms with Crippen molar-refractivity contribution in [1.82, 2.24) is 4.98 Å². The maximum atomic E-state index is 13.0. The average molecular weight is 423 g/mol. The van der Waals surface area contributed by atoms with Gasteiger partial charge in [-0.05, 0) is 47.0 Å². The second kappa shape index (κ2) is 9.14. The van der Waals surface area contributed by atoms with Gasteiger partial charge in [0.25, 0.3) is 5.91 Å². The highest BCUT2D eigenvalue weighted by Crippen LogP contribution is 2.28. The zero-order valence-electron chi connectivity index (χ0n) is 17.4. The first-order valence-electron chi connectivity index (χ1n) is 10.0. The van der Waals surface area contributed by atoms with Gasteiger partial charge >= 0.3 is 5.97 Å². The van der Waals surface area contributed by atoms with Crippen LogP contribution in [0, 0.1) is 0 Å². The molecule has 0 saturated carbocycles. The van der Waals surface area contributed by atoms with E-state index in [1.807, 2.05) is 61.6 Å². The first-order valence-corrected chi connectivity index (χ1v) is 10.0. The molecule has 4 rings (SSSR count). The molecule has 1 amide bonds. The summed E-state index contributed by atoms with van der Waals surface area (Å²) in [5, 5.41) is 15.4. The molecular weight excluding hydrogens is 402 g/mol. The number of carbonyl (C=O) groups is 2. The number of aromatic carboxylic acids is 1. The lowest BCUT2D eigenvalue weighted by Crippen LogP contribution is -2.15. The van der Waals surface area contributed by atoms with E-state index in [9.17, 15) is 14.7 Å². The Morgan fingerprint density at radius 3 is 2.28 bits per heavy atom. The van der Waals surface area contributed by atoms with E-state index < -0.39 is 11.9 Å². The van der Waals surface area contributed by atoms with Gasteiger partial charge in [0.2, 0.25) is 0 Å². The van der Waals surface area contributed by atoms with Crippen LogP contribution >= 0.6 is 0 Å². The summed E-state index contributed by atoms with van der Waals surface area (Å²) in [4.78, 5) is 28.9. The number of aromatic nitrogens is 1. The number of nitrogens with zero attached hydrogens (tertiary/aromatic N) is 1. The quantitative estimate of drug-likeness (QED) is 0.386. The monoisotopic (exact) mass is 423 g/mol. The molecule has 0 saturated heterocycles. The molecule has 6 heteroatoms. The van der Waals surface area contributed by atoms with Crippen molar-refractivity contribution in [2.75, 3.05) is 17.7 Å². The number of carboxylic acids is 1. The fraction of sp³-hybridized carbons (Fsp3) is 0.0385. The van der Waals surface area contributed by atoms with E-state index in [2.05, 4.69) is 15.6 Å². The minimum Gasteiger partial charge on any atom is -0.478 e. The maximum absolute atomic E-state index is 13.0. The van der Waals surface area contributed by atoms with Crippen LogP contribution in [0.4, 0.5) is 11.4 Å². The Balaban J connectivity index is 1.67. The Morgan fingerprint density at radius 2 is 1.53 bits per heavy atom. The Morgan fingerprint density at radius 1 is 0.781 bits per heavy atom. The molecule has 32 heavy (non-hydrogen) atoms. The Labute approximate surface area is 185 Å². The molecule has 1 aromatic heterocycles. The predicted molar refractivity (Wildman–Crippen MR) is 126 cm³/mol. The van der Waals surface area contributed by atoms with Crippen molar-refractivity contribution in [1.29, 1.82) is 0 Å². The Hall–Kier alpha value is -4.45. The minimum absolute atomic E-state index is 0.0130. The summed E-state index contributed by atoms with van der Waals surface area (Å²) in [6.45, 7) is 0. The Kier molecular flexibility index (Phi) is 5.94. The molecule has 0 spiro atoms. The van der Waals surface area contributed by atoms with Crippen LogP contribution in [-0.4, -0.2) is 29.0 Å². The maximum Gasteiger partial charge on any atom is 0.337 e. The van der Waals surface area contributed by atoms with Crippen molar-refractivity contribution in [3.05, 3.63) is 102 Å². The van der Waals surface area contributed by atoms with Crippen molar-refractivity contribution in [3.8, 4) is 22.3 Å². The number of nitrogens with one attached hydrogen (secondary N) is 2. The van der Waals surface area contributed by atoms with Crippen molar-refractivity contribution in [3.63, 3.8) is 0 Å². The van der Waals surface area contributed by atoms with Crippen molar-refractivity contribution < 1.29 is 14.7 Å². The highest BCUT2D eigenvalue weighted by molar-refractivity contribution is 6.08. The third-order valence-electron chi connectivity index (χ3n) is 5.09. The SMILES string of the molecule is CNc1cccc(-c2ccc(C(=O)O)c(NC(=O)c3cncc(-c4ccccc4)c3)c2)c1. The first kappa shape index (κ1) is 20.8. The van der Waals surface area contributed by atoms with Crippen LogP contribution in [0.15, 0.2) is 91.3 Å². The van der Waals surface area contributed by atoms with E-state index in [4.69, 9.17) is 0 Å². The van der Waals surface area contributed by atoms with Crippen LogP contribution in [0.3, 0.4) is 0 Å². The third kappa shape index (κ3) is 4.49. The average Bonchev–Trinajstić information content (AvgIpc) is 2.84. The topological polar surface area (TPSA) is 91.3 Å². The molecule has 0 fully saturated rings. The van der Waals surface area contributed by atoms with E-state index in [0.717, 1.165) is 27.9 Å². The van der Waals surface area contributed by atoms with Crippen molar-refractivity contribution in [2.45, 2.75) is 0 Å². The molecule has 6 nitrogen and oxygen atoms in total. The smallest absolute Gasteiger partial charge is 0.337 e. The lowest BCUT2D eigenvalue weighted by Gasteiger charge is -2.12. The molecule has 158 valence electrons. The van der Waals surface area contributed by atoms with Gasteiger partial charge in [0.1, 0.15) is 0 Å². The number of benzene rings is 3. The van der Waals surface area contributed by atoms with Crippen LogP contribution in [0.25, 0.3) is 22.3 Å². The highest BCUT2D eigenvalue weighted by atomic mass is 16.4. The number of hydrogen-bond acceptors (Lipinski definition) is 4. The number of carbonyl (C=O) groups excluding carboxylic acids is 1. The largest absolute Gasteiger partial charge is 0.478 e.